The van der Waals surface area contributed by atoms with Crippen LogP contribution in [0.4, 0.5) is 13.2 Å². The van der Waals surface area contributed by atoms with Crippen LogP contribution in [0.25, 0.3) is 11.0 Å². The third-order valence-electron chi connectivity index (χ3n) is 2.03. The van der Waals surface area contributed by atoms with Gasteiger partial charge in [-0.1, -0.05) is 0 Å². The number of carbonyl (C=O) groups excluding carboxylic acids is 1. The molecule has 0 spiro atoms. The van der Waals surface area contributed by atoms with Gasteiger partial charge in [-0.25, -0.2) is 0 Å². The summed E-state index contributed by atoms with van der Waals surface area (Å²) in [6.45, 7) is 0. The quantitative estimate of drug-likeness (QED) is 0.741. The van der Waals surface area contributed by atoms with Gasteiger partial charge in [-0.3, -0.25) is 9.78 Å². The van der Waals surface area contributed by atoms with Gasteiger partial charge in [-0.05, 0) is 6.07 Å². The average Bonchev–Trinajstić information content (AvgIpc) is 2.58. The zero-order valence-corrected chi connectivity index (χ0v) is 7.30. The fourth-order valence-electron chi connectivity index (χ4n) is 1.37. The molecule has 0 saturated carbocycles. The molecule has 15 heavy (non-hydrogen) atoms. The van der Waals surface area contributed by atoms with Crippen LogP contribution >= 0.6 is 0 Å². The van der Waals surface area contributed by atoms with Gasteiger partial charge in [0.15, 0.2) is 6.29 Å². The minimum Gasteiger partial charge on any atom is -0.359 e. The molecule has 1 N–H and O–H groups in total. The number of H-pyrrole nitrogens is 1. The maximum atomic E-state index is 12.5. The van der Waals surface area contributed by atoms with E-state index in [1.807, 2.05) is 0 Å². The van der Waals surface area contributed by atoms with Crippen molar-refractivity contribution >= 4 is 17.3 Å². The van der Waals surface area contributed by atoms with Crippen LogP contribution in [0.3, 0.4) is 0 Å². The molecule has 0 saturated heterocycles. The van der Waals surface area contributed by atoms with Crippen LogP contribution in [0.2, 0.25) is 0 Å². The first-order valence-electron chi connectivity index (χ1n) is 4.02. The zero-order chi connectivity index (χ0) is 11.1. The first-order valence-corrected chi connectivity index (χ1v) is 4.02. The van der Waals surface area contributed by atoms with Crippen LogP contribution in [0.5, 0.6) is 0 Å². The Labute approximate surface area is 81.9 Å². The number of aldehydes is 1. The predicted molar refractivity (Wildman–Crippen MR) is 46.5 cm³/mol. The molecule has 2 aromatic rings. The van der Waals surface area contributed by atoms with Gasteiger partial charge in [0, 0.05) is 12.4 Å². The molecule has 3 nitrogen and oxygen atoms in total. The number of rotatable bonds is 1. The highest BCUT2D eigenvalue weighted by molar-refractivity contribution is 5.95. The Hall–Kier alpha value is -1.85. The Bertz CT molecular complexity index is 516. The molecule has 0 amide bonds. The van der Waals surface area contributed by atoms with E-state index in [1.54, 1.807) is 0 Å². The lowest BCUT2D eigenvalue weighted by Gasteiger charge is -2.06. The summed E-state index contributed by atoms with van der Waals surface area (Å²) in [5, 5.41) is 0. The molecule has 0 bridgehead atoms. The van der Waals surface area contributed by atoms with E-state index in [2.05, 4.69) is 9.97 Å². The lowest BCUT2D eigenvalue weighted by molar-refractivity contribution is -0.136. The molecule has 0 radical (unpaired) electrons. The number of halogens is 3. The molecule has 0 unspecified atom stereocenters. The van der Waals surface area contributed by atoms with E-state index in [0.29, 0.717) is 6.29 Å². The fraction of sp³-hybridized carbons (Fsp3) is 0.111. The van der Waals surface area contributed by atoms with E-state index < -0.39 is 11.7 Å². The van der Waals surface area contributed by atoms with Crippen molar-refractivity contribution < 1.29 is 18.0 Å². The Morgan fingerprint density at radius 1 is 1.40 bits per heavy atom. The normalized spacial score (nSPS) is 11.9. The van der Waals surface area contributed by atoms with Crippen molar-refractivity contribution in [2.24, 2.45) is 0 Å². The van der Waals surface area contributed by atoms with Crippen LogP contribution in [0.1, 0.15) is 15.9 Å². The van der Waals surface area contributed by atoms with Gasteiger partial charge in [0.1, 0.15) is 0 Å². The van der Waals surface area contributed by atoms with Crippen molar-refractivity contribution in [1.82, 2.24) is 9.97 Å². The molecule has 78 valence electrons. The van der Waals surface area contributed by atoms with Gasteiger partial charge in [0.25, 0.3) is 0 Å². The van der Waals surface area contributed by atoms with Crippen LogP contribution in [-0.2, 0) is 6.18 Å². The summed E-state index contributed by atoms with van der Waals surface area (Å²) in [7, 11) is 0. The predicted octanol–water partition coefficient (Wildman–Crippen LogP) is 2.39. The van der Waals surface area contributed by atoms with E-state index >= 15 is 0 Å². The van der Waals surface area contributed by atoms with Gasteiger partial charge >= 0.3 is 6.18 Å². The van der Waals surface area contributed by atoms with E-state index in [1.165, 1.54) is 6.20 Å². The molecule has 2 aromatic heterocycles. The van der Waals surface area contributed by atoms with E-state index in [0.717, 1.165) is 12.3 Å². The van der Waals surface area contributed by atoms with Crippen LogP contribution < -0.4 is 0 Å². The largest absolute Gasteiger partial charge is 0.418 e. The van der Waals surface area contributed by atoms with Crippen molar-refractivity contribution in [2.45, 2.75) is 6.18 Å². The lowest BCUT2D eigenvalue weighted by atomic mass is 10.2. The summed E-state index contributed by atoms with van der Waals surface area (Å²) in [5.41, 5.74) is -0.816. The molecular weight excluding hydrogens is 209 g/mol. The molecule has 0 aliphatic heterocycles. The van der Waals surface area contributed by atoms with Crippen LogP contribution in [0.15, 0.2) is 18.5 Å². The van der Waals surface area contributed by atoms with Crippen molar-refractivity contribution in [2.75, 3.05) is 0 Å². The smallest absolute Gasteiger partial charge is 0.359 e. The minimum atomic E-state index is -4.45. The Morgan fingerprint density at radius 3 is 2.73 bits per heavy atom. The number of hydrogen-bond donors (Lipinski definition) is 1. The van der Waals surface area contributed by atoms with E-state index in [4.69, 9.17) is 0 Å². The Balaban J connectivity index is 2.78. The number of alkyl halides is 3. The first kappa shape index (κ1) is 9.70. The number of aromatic nitrogens is 2. The summed E-state index contributed by atoms with van der Waals surface area (Å²) < 4.78 is 37.5. The number of aromatic amines is 1. The minimum absolute atomic E-state index is 0.0415. The molecule has 0 aromatic carbocycles. The van der Waals surface area contributed by atoms with Crippen molar-refractivity contribution in [3.8, 4) is 0 Å². The number of nitrogens with one attached hydrogen (secondary N) is 1. The summed E-state index contributed by atoms with van der Waals surface area (Å²) in [4.78, 5) is 16.6. The summed E-state index contributed by atoms with van der Waals surface area (Å²) >= 11 is 0. The number of pyridine rings is 1. The number of hydrogen-bond acceptors (Lipinski definition) is 2. The summed E-state index contributed by atoms with van der Waals surface area (Å²) in [6, 6.07) is 0.868. The van der Waals surface area contributed by atoms with Gasteiger partial charge < -0.3 is 4.98 Å². The van der Waals surface area contributed by atoms with Crippen LogP contribution in [-0.4, -0.2) is 16.3 Å². The standard InChI is InChI=1S/C9H5F3N2O/c10-9(11,12)6-1-2-13-7-5(4-15)3-14-8(6)7/h1-4,14H. The number of carbonyl (C=O) groups is 1. The second-order valence-electron chi connectivity index (χ2n) is 2.94. The molecule has 0 aliphatic carbocycles. The highest BCUT2D eigenvalue weighted by Crippen LogP contribution is 2.33. The zero-order valence-electron chi connectivity index (χ0n) is 7.30. The summed E-state index contributed by atoms with van der Waals surface area (Å²) in [6.07, 6.45) is -1.75. The van der Waals surface area contributed by atoms with Gasteiger partial charge in [0.05, 0.1) is 22.2 Å². The van der Waals surface area contributed by atoms with E-state index in [-0.39, 0.29) is 16.6 Å². The molecule has 6 heteroatoms. The number of fused-ring (bicyclic) bond motifs is 1. The third kappa shape index (κ3) is 1.47. The topological polar surface area (TPSA) is 45.8 Å². The lowest BCUT2D eigenvalue weighted by Crippen LogP contribution is -2.06. The van der Waals surface area contributed by atoms with Crippen molar-refractivity contribution in [1.29, 1.82) is 0 Å². The highest BCUT2D eigenvalue weighted by atomic mass is 19.4. The second-order valence-corrected chi connectivity index (χ2v) is 2.94. The molecular formula is C9H5F3N2O. The molecule has 0 atom stereocenters. The fourth-order valence-corrected chi connectivity index (χ4v) is 1.37. The second kappa shape index (κ2) is 3.08. The maximum Gasteiger partial charge on any atom is 0.418 e. The third-order valence-corrected chi connectivity index (χ3v) is 2.03. The van der Waals surface area contributed by atoms with E-state index in [9.17, 15) is 18.0 Å². The van der Waals surface area contributed by atoms with Gasteiger partial charge in [-0.15, -0.1) is 0 Å². The van der Waals surface area contributed by atoms with Gasteiger partial charge in [-0.2, -0.15) is 13.2 Å². The van der Waals surface area contributed by atoms with Crippen LogP contribution in [0, 0.1) is 0 Å². The van der Waals surface area contributed by atoms with Crippen molar-refractivity contribution in [3.05, 3.63) is 29.6 Å². The molecule has 2 heterocycles. The molecule has 0 aliphatic rings. The Kier molecular flexibility index (Phi) is 1.99. The monoisotopic (exact) mass is 214 g/mol. The molecule has 0 fully saturated rings. The average molecular weight is 214 g/mol. The number of nitrogens with zero attached hydrogens (tertiary/aromatic N) is 1. The molecule has 2 rings (SSSR count). The Morgan fingerprint density at radius 2 is 2.13 bits per heavy atom. The van der Waals surface area contributed by atoms with Gasteiger partial charge in [0.2, 0.25) is 0 Å². The maximum absolute atomic E-state index is 12.5. The first-order chi connectivity index (χ1) is 7.04. The highest BCUT2D eigenvalue weighted by Gasteiger charge is 2.33. The summed E-state index contributed by atoms with van der Waals surface area (Å²) in [5.74, 6) is 0. The van der Waals surface area contributed by atoms with Crippen molar-refractivity contribution in [3.63, 3.8) is 0 Å². The SMILES string of the molecule is O=Cc1c[nH]c2c(C(F)(F)F)ccnc12.